The molecule has 0 aliphatic rings. The highest BCUT2D eigenvalue weighted by Crippen LogP contribution is 2.12. The Kier molecular flexibility index (Phi) is 4.30. The van der Waals surface area contributed by atoms with E-state index in [4.69, 9.17) is 5.26 Å². The van der Waals surface area contributed by atoms with Crippen LogP contribution in [-0.4, -0.2) is 12.5 Å². The van der Waals surface area contributed by atoms with Crippen molar-refractivity contribution in [2.45, 2.75) is 0 Å². The third kappa shape index (κ3) is 3.56. The molecular weight excluding hydrogens is 257 g/mol. The molecule has 0 radical (unpaired) electrons. The Bertz CT molecular complexity index is 647. The van der Waals surface area contributed by atoms with Crippen molar-refractivity contribution in [1.82, 2.24) is 0 Å². The molecule has 0 saturated carbocycles. The number of nitrogens with one attached hydrogen (secondary N) is 2. The Labute approximate surface area is 115 Å². The van der Waals surface area contributed by atoms with Crippen molar-refractivity contribution in [2.24, 2.45) is 0 Å². The summed E-state index contributed by atoms with van der Waals surface area (Å²) in [6.45, 7) is 0.0141. The van der Waals surface area contributed by atoms with Gasteiger partial charge >= 0.3 is 0 Å². The van der Waals surface area contributed by atoms with Gasteiger partial charge in [0.05, 0.1) is 23.9 Å². The van der Waals surface area contributed by atoms with Gasteiger partial charge in [0.1, 0.15) is 5.82 Å². The summed E-state index contributed by atoms with van der Waals surface area (Å²) in [7, 11) is 0. The summed E-state index contributed by atoms with van der Waals surface area (Å²) in [5.74, 6) is -0.821. The predicted octanol–water partition coefficient (Wildman–Crippen LogP) is 2.75. The highest BCUT2D eigenvalue weighted by atomic mass is 19.1. The molecule has 0 saturated heterocycles. The van der Waals surface area contributed by atoms with Crippen LogP contribution in [0.1, 0.15) is 5.56 Å². The molecule has 0 aliphatic carbocycles. The largest absolute Gasteiger partial charge is 0.376 e. The molecule has 0 aromatic heterocycles. The van der Waals surface area contributed by atoms with E-state index in [-0.39, 0.29) is 18.1 Å². The molecule has 100 valence electrons. The summed E-state index contributed by atoms with van der Waals surface area (Å²) in [5.41, 5.74) is 1.41. The minimum absolute atomic E-state index is 0.0141. The minimum Gasteiger partial charge on any atom is -0.376 e. The number of hydrogen-bond donors (Lipinski definition) is 2. The van der Waals surface area contributed by atoms with Gasteiger partial charge in [-0.05, 0) is 36.4 Å². The first kappa shape index (κ1) is 13.6. The standard InChI is InChI=1S/C15H12FN3O/c16-13-3-1-2-4-14(13)19-15(20)10-18-12-7-5-11(9-17)6-8-12/h1-8,18H,10H2,(H,19,20). The average Bonchev–Trinajstić information content (AvgIpc) is 2.48. The number of halogens is 1. The van der Waals surface area contributed by atoms with Crippen molar-refractivity contribution < 1.29 is 9.18 Å². The molecule has 0 atom stereocenters. The number of benzene rings is 2. The molecule has 2 aromatic rings. The third-order valence-corrected chi connectivity index (χ3v) is 2.62. The van der Waals surface area contributed by atoms with Gasteiger partial charge in [-0.3, -0.25) is 4.79 Å². The molecule has 0 unspecified atom stereocenters. The van der Waals surface area contributed by atoms with Crippen LogP contribution in [0.2, 0.25) is 0 Å². The predicted molar refractivity (Wildman–Crippen MR) is 74.7 cm³/mol. The lowest BCUT2D eigenvalue weighted by Gasteiger charge is -2.08. The van der Waals surface area contributed by atoms with E-state index >= 15 is 0 Å². The lowest BCUT2D eigenvalue weighted by molar-refractivity contribution is -0.114. The van der Waals surface area contributed by atoms with Crippen molar-refractivity contribution in [3.05, 3.63) is 59.9 Å². The molecule has 0 aliphatic heterocycles. The van der Waals surface area contributed by atoms with Crippen molar-refractivity contribution in [1.29, 1.82) is 5.26 Å². The number of anilines is 2. The van der Waals surface area contributed by atoms with Crippen LogP contribution in [0, 0.1) is 17.1 Å². The number of nitrogens with zero attached hydrogens (tertiary/aromatic N) is 1. The zero-order chi connectivity index (χ0) is 14.4. The lowest BCUT2D eigenvalue weighted by Crippen LogP contribution is -2.22. The molecule has 20 heavy (non-hydrogen) atoms. The van der Waals surface area contributed by atoms with E-state index in [9.17, 15) is 9.18 Å². The molecule has 2 aromatic carbocycles. The van der Waals surface area contributed by atoms with Crippen LogP contribution in [-0.2, 0) is 4.79 Å². The molecule has 0 spiro atoms. The number of nitriles is 1. The number of rotatable bonds is 4. The number of amides is 1. The minimum atomic E-state index is -0.473. The van der Waals surface area contributed by atoms with Gasteiger partial charge in [0, 0.05) is 5.69 Å². The van der Waals surface area contributed by atoms with Crippen molar-refractivity contribution >= 4 is 17.3 Å². The highest BCUT2D eigenvalue weighted by Gasteiger charge is 2.05. The number of carbonyl (C=O) groups excluding carboxylic acids is 1. The number of carbonyl (C=O) groups is 1. The summed E-state index contributed by atoms with van der Waals surface area (Å²) in [4.78, 5) is 11.7. The Morgan fingerprint density at radius 3 is 2.50 bits per heavy atom. The first-order valence-electron chi connectivity index (χ1n) is 5.97. The zero-order valence-electron chi connectivity index (χ0n) is 10.6. The maximum Gasteiger partial charge on any atom is 0.243 e. The molecule has 2 rings (SSSR count). The lowest BCUT2D eigenvalue weighted by atomic mass is 10.2. The van der Waals surface area contributed by atoms with Gasteiger partial charge in [-0.1, -0.05) is 12.1 Å². The highest BCUT2D eigenvalue weighted by molar-refractivity contribution is 5.93. The molecular formula is C15H12FN3O. The second kappa shape index (κ2) is 6.34. The average molecular weight is 269 g/mol. The fourth-order valence-electron chi connectivity index (χ4n) is 1.60. The second-order valence-corrected chi connectivity index (χ2v) is 4.07. The van der Waals surface area contributed by atoms with Gasteiger partial charge in [0.15, 0.2) is 0 Å². The molecule has 2 N–H and O–H groups in total. The summed E-state index contributed by atoms with van der Waals surface area (Å²) < 4.78 is 13.3. The van der Waals surface area contributed by atoms with Gasteiger partial charge in [0.2, 0.25) is 5.91 Å². The smallest absolute Gasteiger partial charge is 0.243 e. The van der Waals surface area contributed by atoms with E-state index in [0.717, 1.165) is 0 Å². The molecule has 5 heteroatoms. The van der Waals surface area contributed by atoms with E-state index in [1.807, 2.05) is 6.07 Å². The van der Waals surface area contributed by atoms with Gasteiger partial charge in [-0.2, -0.15) is 5.26 Å². The molecule has 0 bridgehead atoms. The molecule has 1 amide bonds. The van der Waals surface area contributed by atoms with Gasteiger partial charge in [-0.15, -0.1) is 0 Å². The summed E-state index contributed by atoms with van der Waals surface area (Å²) >= 11 is 0. The Hall–Kier alpha value is -2.87. The maximum atomic E-state index is 13.3. The fourth-order valence-corrected chi connectivity index (χ4v) is 1.60. The van der Waals surface area contributed by atoms with E-state index in [1.165, 1.54) is 12.1 Å². The Morgan fingerprint density at radius 2 is 1.85 bits per heavy atom. The van der Waals surface area contributed by atoms with Crippen LogP contribution in [0.4, 0.5) is 15.8 Å². The Balaban J connectivity index is 1.89. The fraction of sp³-hybridized carbons (Fsp3) is 0.0667. The van der Waals surface area contributed by atoms with E-state index < -0.39 is 5.82 Å². The molecule has 4 nitrogen and oxygen atoms in total. The summed E-state index contributed by atoms with van der Waals surface area (Å²) in [6.07, 6.45) is 0. The van der Waals surface area contributed by atoms with Crippen molar-refractivity contribution in [2.75, 3.05) is 17.2 Å². The van der Waals surface area contributed by atoms with Crippen LogP contribution < -0.4 is 10.6 Å². The van der Waals surface area contributed by atoms with Crippen molar-refractivity contribution in [3.63, 3.8) is 0 Å². The van der Waals surface area contributed by atoms with E-state index in [2.05, 4.69) is 10.6 Å². The SMILES string of the molecule is N#Cc1ccc(NCC(=O)Nc2ccccc2F)cc1. The first-order chi connectivity index (χ1) is 9.69. The summed E-state index contributed by atoms with van der Waals surface area (Å²) in [6, 6.07) is 14.7. The third-order valence-electron chi connectivity index (χ3n) is 2.62. The van der Waals surface area contributed by atoms with Crippen LogP contribution >= 0.6 is 0 Å². The number of hydrogen-bond acceptors (Lipinski definition) is 3. The second-order valence-electron chi connectivity index (χ2n) is 4.07. The van der Waals surface area contributed by atoms with Crippen LogP contribution in [0.15, 0.2) is 48.5 Å². The van der Waals surface area contributed by atoms with Crippen LogP contribution in [0.3, 0.4) is 0 Å². The van der Waals surface area contributed by atoms with Crippen molar-refractivity contribution in [3.8, 4) is 6.07 Å². The quantitative estimate of drug-likeness (QED) is 0.897. The van der Waals surface area contributed by atoms with Gasteiger partial charge < -0.3 is 10.6 Å². The molecule has 0 fully saturated rings. The first-order valence-corrected chi connectivity index (χ1v) is 5.97. The van der Waals surface area contributed by atoms with Crippen LogP contribution in [0.5, 0.6) is 0 Å². The normalized spacial score (nSPS) is 9.60. The van der Waals surface area contributed by atoms with Gasteiger partial charge in [0.25, 0.3) is 0 Å². The van der Waals surface area contributed by atoms with E-state index in [0.29, 0.717) is 11.3 Å². The zero-order valence-corrected chi connectivity index (χ0v) is 10.6. The van der Waals surface area contributed by atoms with Crippen LogP contribution in [0.25, 0.3) is 0 Å². The topological polar surface area (TPSA) is 64.9 Å². The van der Waals surface area contributed by atoms with E-state index in [1.54, 1.807) is 36.4 Å². The number of para-hydroxylation sites is 1. The Morgan fingerprint density at radius 1 is 1.15 bits per heavy atom. The summed E-state index contributed by atoms with van der Waals surface area (Å²) in [5, 5.41) is 14.0. The molecule has 0 heterocycles. The monoisotopic (exact) mass is 269 g/mol. The van der Waals surface area contributed by atoms with Gasteiger partial charge in [-0.25, -0.2) is 4.39 Å². The maximum absolute atomic E-state index is 13.3.